The van der Waals surface area contributed by atoms with Crippen LogP contribution in [0.4, 0.5) is 5.69 Å². The van der Waals surface area contributed by atoms with Gasteiger partial charge in [-0.2, -0.15) is 10.1 Å². The number of carbonyl (C=O) groups excluding carboxylic acids is 1. The Bertz CT molecular complexity index is 1010. The lowest BCUT2D eigenvalue weighted by molar-refractivity contribution is -0.117. The molecular formula is C20H25ClN8O2. The molecule has 1 saturated heterocycles. The third kappa shape index (κ3) is 5.46. The smallest absolute Gasteiger partial charge is 0.240 e. The summed E-state index contributed by atoms with van der Waals surface area (Å²) in [5.41, 5.74) is 1.30. The van der Waals surface area contributed by atoms with Gasteiger partial charge in [-0.1, -0.05) is 30.6 Å². The van der Waals surface area contributed by atoms with Crippen LogP contribution in [0.5, 0.6) is 0 Å². The Labute approximate surface area is 185 Å². The van der Waals surface area contributed by atoms with Gasteiger partial charge in [0.2, 0.25) is 11.8 Å². The Morgan fingerprint density at radius 3 is 2.68 bits per heavy atom. The Morgan fingerprint density at radius 1 is 1.23 bits per heavy atom. The van der Waals surface area contributed by atoms with E-state index >= 15 is 0 Å². The zero-order valence-corrected chi connectivity index (χ0v) is 18.3. The molecular weight excluding hydrogens is 420 g/mol. The van der Waals surface area contributed by atoms with Crippen LogP contribution in [0.25, 0.3) is 5.69 Å². The van der Waals surface area contributed by atoms with Crippen molar-refractivity contribution >= 4 is 23.2 Å². The van der Waals surface area contributed by atoms with Crippen molar-refractivity contribution < 1.29 is 9.32 Å². The van der Waals surface area contributed by atoms with Crippen LogP contribution in [0.3, 0.4) is 0 Å². The number of aromatic nitrogens is 5. The third-order valence-electron chi connectivity index (χ3n) is 5.09. The molecule has 0 spiro atoms. The Morgan fingerprint density at radius 2 is 2.00 bits per heavy atom. The predicted molar refractivity (Wildman–Crippen MR) is 115 cm³/mol. The number of nitrogens with zero attached hydrogens (tertiary/aromatic N) is 7. The number of piperazine rings is 1. The maximum absolute atomic E-state index is 12.7. The van der Waals surface area contributed by atoms with Crippen LogP contribution in [-0.4, -0.2) is 73.3 Å². The van der Waals surface area contributed by atoms with Crippen LogP contribution < -0.4 is 5.32 Å². The van der Waals surface area contributed by atoms with Gasteiger partial charge in [0, 0.05) is 37.1 Å². The molecule has 11 heteroatoms. The SMILES string of the molecule is CC(C)c1noc(CN2CCN(CC(=O)Nc3cc(Cl)ccc3-n3cncn3)CC2)n1. The van der Waals surface area contributed by atoms with Gasteiger partial charge >= 0.3 is 0 Å². The second kappa shape index (κ2) is 9.54. The molecule has 1 N–H and O–H groups in total. The maximum Gasteiger partial charge on any atom is 0.240 e. The summed E-state index contributed by atoms with van der Waals surface area (Å²) in [4.78, 5) is 25.4. The summed E-state index contributed by atoms with van der Waals surface area (Å²) in [6, 6.07) is 5.26. The van der Waals surface area contributed by atoms with Crippen LogP contribution in [0, 0.1) is 0 Å². The molecule has 0 atom stereocenters. The van der Waals surface area contributed by atoms with Crippen molar-refractivity contribution in [2.45, 2.75) is 26.3 Å². The number of halogens is 1. The van der Waals surface area contributed by atoms with Crippen molar-refractivity contribution in [2.75, 3.05) is 38.0 Å². The van der Waals surface area contributed by atoms with Gasteiger partial charge in [0.1, 0.15) is 12.7 Å². The summed E-state index contributed by atoms with van der Waals surface area (Å²) in [6.07, 6.45) is 3.02. The summed E-state index contributed by atoms with van der Waals surface area (Å²) in [5.74, 6) is 1.51. The highest BCUT2D eigenvalue weighted by Crippen LogP contribution is 2.24. The Kier molecular flexibility index (Phi) is 6.59. The van der Waals surface area contributed by atoms with Gasteiger partial charge in [0.25, 0.3) is 0 Å². The summed E-state index contributed by atoms with van der Waals surface area (Å²) in [7, 11) is 0. The molecule has 31 heavy (non-hydrogen) atoms. The van der Waals surface area contributed by atoms with Crippen molar-refractivity contribution in [1.82, 2.24) is 34.7 Å². The first-order chi connectivity index (χ1) is 15.0. The minimum absolute atomic E-state index is 0.101. The highest BCUT2D eigenvalue weighted by Gasteiger charge is 2.21. The van der Waals surface area contributed by atoms with Crippen LogP contribution in [0.15, 0.2) is 35.4 Å². The standard InChI is InChI=1S/C20H25ClN8O2/c1-14(2)20-25-19(31-26-20)11-28-7-5-27(6-8-28)10-18(30)24-16-9-15(21)3-4-17(16)29-13-22-12-23-29/h3-4,9,12-14H,5-8,10-11H2,1-2H3,(H,24,30). The van der Waals surface area contributed by atoms with Crippen LogP contribution >= 0.6 is 11.6 Å². The third-order valence-corrected chi connectivity index (χ3v) is 5.32. The first-order valence-corrected chi connectivity index (χ1v) is 10.6. The Balaban J connectivity index is 1.29. The monoisotopic (exact) mass is 444 g/mol. The molecule has 1 aliphatic rings. The number of hydrogen-bond acceptors (Lipinski definition) is 8. The van der Waals surface area contributed by atoms with Gasteiger partial charge in [-0.05, 0) is 18.2 Å². The molecule has 1 amide bonds. The fraction of sp³-hybridized carbons (Fsp3) is 0.450. The number of amides is 1. The fourth-order valence-electron chi connectivity index (χ4n) is 3.40. The molecule has 0 radical (unpaired) electrons. The average molecular weight is 445 g/mol. The van der Waals surface area contributed by atoms with Crippen LogP contribution in [-0.2, 0) is 11.3 Å². The molecule has 3 aromatic rings. The molecule has 0 bridgehead atoms. The maximum atomic E-state index is 12.7. The van der Waals surface area contributed by atoms with Crippen molar-refractivity contribution in [3.63, 3.8) is 0 Å². The van der Waals surface area contributed by atoms with Crippen molar-refractivity contribution in [2.24, 2.45) is 0 Å². The lowest BCUT2D eigenvalue weighted by Crippen LogP contribution is -2.48. The van der Waals surface area contributed by atoms with E-state index in [2.05, 4.69) is 35.3 Å². The molecule has 4 rings (SSSR count). The molecule has 0 aliphatic carbocycles. The zero-order valence-electron chi connectivity index (χ0n) is 17.5. The fourth-order valence-corrected chi connectivity index (χ4v) is 3.57. The van der Waals surface area contributed by atoms with E-state index in [9.17, 15) is 4.79 Å². The molecule has 3 heterocycles. The normalized spacial score (nSPS) is 15.5. The summed E-state index contributed by atoms with van der Waals surface area (Å²) in [5, 5.41) is 11.6. The average Bonchev–Trinajstić information content (AvgIpc) is 3.42. The highest BCUT2D eigenvalue weighted by molar-refractivity contribution is 6.31. The van der Waals surface area contributed by atoms with Gasteiger partial charge in [-0.3, -0.25) is 14.6 Å². The number of carbonyl (C=O) groups is 1. The quantitative estimate of drug-likeness (QED) is 0.591. The van der Waals surface area contributed by atoms with Crippen molar-refractivity contribution in [3.8, 4) is 5.69 Å². The number of hydrogen-bond donors (Lipinski definition) is 1. The molecule has 2 aromatic heterocycles. The van der Waals surface area contributed by atoms with Gasteiger partial charge in [-0.15, -0.1) is 0 Å². The van der Waals surface area contributed by atoms with Crippen molar-refractivity contribution in [1.29, 1.82) is 0 Å². The Hall–Kier alpha value is -2.82. The summed E-state index contributed by atoms with van der Waals surface area (Å²) >= 11 is 6.13. The number of rotatable bonds is 7. The van der Waals surface area contributed by atoms with Gasteiger partial charge < -0.3 is 9.84 Å². The first-order valence-electron chi connectivity index (χ1n) is 10.2. The molecule has 1 aromatic carbocycles. The van der Waals surface area contributed by atoms with Gasteiger partial charge in [0.05, 0.1) is 24.5 Å². The topological polar surface area (TPSA) is 105 Å². The lowest BCUT2D eigenvalue weighted by Gasteiger charge is -2.33. The summed E-state index contributed by atoms with van der Waals surface area (Å²) < 4.78 is 6.93. The molecule has 1 fully saturated rings. The molecule has 0 unspecified atom stereocenters. The largest absolute Gasteiger partial charge is 0.338 e. The van der Waals surface area contributed by atoms with Crippen LogP contribution in [0.2, 0.25) is 5.02 Å². The zero-order chi connectivity index (χ0) is 21.8. The van der Waals surface area contributed by atoms with E-state index in [1.54, 1.807) is 29.2 Å². The minimum Gasteiger partial charge on any atom is -0.338 e. The second-order valence-corrected chi connectivity index (χ2v) is 8.24. The van der Waals surface area contributed by atoms with Gasteiger partial charge in [-0.25, -0.2) is 9.67 Å². The predicted octanol–water partition coefficient (Wildman–Crippen LogP) is 2.18. The van der Waals surface area contributed by atoms with Gasteiger partial charge in [0.15, 0.2) is 5.82 Å². The van der Waals surface area contributed by atoms with E-state index in [0.717, 1.165) is 32.0 Å². The van der Waals surface area contributed by atoms with E-state index in [-0.39, 0.29) is 11.8 Å². The van der Waals surface area contributed by atoms with E-state index in [1.807, 2.05) is 13.8 Å². The van der Waals surface area contributed by atoms with E-state index in [0.29, 0.717) is 35.4 Å². The van der Waals surface area contributed by atoms with Crippen LogP contribution in [0.1, 0.15) is 31.5 Å². The number of nitrogens with one attached hydrogen (secondary N) is 1. The van der Waals surface area contributed by atoms with E-state index < -0.39 is 0 Å². The first kappa shape index (κ1) is 21.4. The number of anilines is 1. The summed E-state index contributed by atoms with van der Waals surface area (Å²) in [6.45, 7) is 8.22. The molecule has 164 valence electrons. The highest BCUT2D eigenvalue weighted by atomic mass is 35.5. The number of benzene rings is 1. The minimum atomic E-state index is -0.101. The second-order valence-electron chi connectivity index (χ2n) is 7.80. The molecule has 0 saturated carbocycles. The van der Waals surface area contributed by atoms with E-state index in [1.165, 1.54) is 6.33 Å². The molecule has 10 nitrogen and oxygen atoms in total. The van der Waals surface area contributed by atoms with E-state index in [4.69, 9.17) is 16.1 Å². The molecule has 1 aliphatic heterocycles. The lowest BCUT2D eigenvalue weighted by atomic mass is 10.2. The van der Waals surface area contributed by atoms with Crippen molar-refractivity contribution in [3.05, 3.63) is 47.6 Å².